The molecule has 0 unspecified atom stereocenters. The highest BCUT2D eigenvalue weighted by atomic mass is 127. The second-order valence-corrected chi connectivity index (χ2v) is 7.68. The SMILES string of the molecule is Cc1cc(I)ccc1NC(=O)CC(=O)Nc1ccc(I)cc1C. The quantitative estimate of drug-likeness (QED) is 0.450. The monoisotopic (exact) mass is 534 g/mol. The zero-order chi connectivity index (χ0) is 17.0. The van der Waals surface area contributed by atoms with Crippen molar-refractivity contribution < 1.29 is 9.59 Å². The molecule has 23 heavy (non-hydrogen) atoms. The number of aryl methyl sites for hydroxylation is 2. The minimum Gasteiger partial charge on any atom is -0.325 e. The summed E-state index contributed by atoms with van der Waals surface area (Å²) in [5.41, 5.74) is 3.40. The van der Waals surface area contributed by atoms with Crippen molar-refractivity contribution in [2.45, 2.75) is 20.3 Å². The van der Waals surface area contributed by atoms with Crippen molar-refractivity contribution in [2.24, 2.45) is 0 Å². The number of halogens is 2. The lowest BCUT2D eigenvalue weighted by atomic mass is 10.2. The molecule has 0 spiro atoms. The van der Waals surface area contributed by atoms with Crippen LogP contribution in [0.3, 0.4) is 0 Å². The first kappa shape index (κ1) is 18.2. The smallest absolute Gasteiger partial charge is 0.233 e. The Bertz CT molecular complexity index is 697. The van der Waals surface area contributed by atoms with Gasteiger partial charge in [0.15, 0.2) is 0 Å². The highest BCUT2D eigenvalue weighted by molar-refractivity contribution is 14.1. The van der Waals surface area contributed by atoms with Gasteiger partial charge in [-0.25, -0.2) is 0 Å². The van der Waals surface area contributed by atoms with Crippen molar-refractivity contribution >= 4 is 68.4 Å². The van der Waals surface area contributed by atoms with Crippen molar-refractivity contribution in [3.8, 4) is 0 Å². The predicted molar refractivity (Wildman–Crippen MR) is 110 cm³/mol. The van der Waals surface area contributed by atoms with E-state index in [1.165, 1.54) is 0 Å². The fourth-order valence-electron chi connectivity index (χ4n) is 2.07. The molecular weight excluding hydrogens is 518 g/mol. The molecular formula is C17H16I2N2O2. The summed E-state index contributed by atoms with van der Waals surface area (Å²) in [4.78, 5) is 24.0. The first-order chi connectivity index (χ1) is 10.8. The molecule has 0 aromatic heterocycles. The summed E-state index contributed by atoms with van der Waals surface area (Å²) in [6.45, 7) is 3.85. The Kier molecular flexibility index (Phi) is 6.40. The molecule has 0 saturated carbocycles. The highest BCUT2D eigenvalue weighted by Crippen LogP contribution is 2.19. The third kappa shape index (κ3) is 5.45. The molecule has 2 rings (SSSR count). The molecule has 120 valence electrons. The Hall–Kier alpha value is -1.16. The number of benzene rings is 2. The van der Waals surface area contributed by atoms with Crippen molar-refractivity contribution in [3.05, 3.63) is 54.7 Å². The summed E-state index contributed by atoms with van der Waals surface area (Å²) < 4.78 is 2.20. The zero-order valence-corrected chi connectivity index (χ0v) is 17.1. The molecule has 0 radical (unpaired) electrons. The van der Waals surface area contributed by atoms with Crippen LogP contribution in [0.15, 0.2) is 36.4 Å². The molecule has 2 N–H and O–H groups in total. The van der Waals surface area contributed by atoms with E-state index in [-0.39, 0.29) is 18.2 Å². The number of anilines is 2. The van der Waals surface area contributed by atoms with Gasteiger partial charge in [0, 0.05) is 18.5 Å². The Labute approximate surface area is 162 Å². The largest absolute Gasteiger partial charge is 0.325 e. The van der Waals surface area contributed by atoms with Crippen LogP contribution in [0.2, 0.25) is 0 Å². The van der Waals surface area contributed by atoms with E-state index in [4.69, 9.17) is 0 Å². The lowest BCUT2D eigenvalue weighted by Gasteiger charge is -2.10. The fourth-order valence-corrected chi connectivity index (χ4v) is 3.36. The van der Waals surface area contributed by atoms with E-state index in [0.29, 0.717) is 0 Å². The molecule has 2 aromatic carbocycles. The first-order valence-electron chi connectivity index (χ1n) is 6.97. The lowest BCUT2D eigenvalue weighted by Crippen LogP contribution is -2.22. The number of hydrogen-bond acceptors (Lipinski definition) is 2. The van der Waals surface area contributed by atoms with Gasteiger partial charge in [0.05, 0.1) is 0 Å². The second kappa shape index (κ2) is 8.09. The maximum absolute atomic E-state index is 12.0. The lowest BCUT2D eigenvalue weighted by molar-refractivity contribution is -0.123. The number of carbonyl (C=O) groups excluding carboxylic acids is 2. The molecule has 4 nitrogen and oxygen atoms in total. The molecule has 0 aliphatic carbocycles. The van der Waals surface area contributed by atoms with Crippen LogP contribution >= 0.6 is 45.2 Å². The maximum Gasteiger partial charge on any atom is 0.233 e. The number of carbonyl (C=O) groups is 2. The summed E-state index contributed by atoms with van der Waals surface area (Å²) >= 11 is 4.43. The minimum atomic E-state index is -0.324. The van der Waals surface area contributed by atoms with Crippen LogP contribution in [-0.4, -0.2) is 11.8 Å². The third-order valence-corrected chi connectivity index (χ3v) is 4.59. The second-order valence-electron chi connectivity index (χ2n) is 5.19. The number of rotatable bonds is 4. The van der Waals surface area contributed by atoms with Crippen molar-refractivity contribution in [3.63, 3.8) is 0 Å². The van der Waals surface area contributed by atoms with E-state index < -0.39 is 0 Å². The Morgan fingerprint density at radius 2 is 1.22 bits per heavy atom. The highest BCUT2D eigenvalue weighted by Gasteiger charge is 2.12. The third-order valence-electron chi connectivity index (χ3n) is 3.25. The average molecular weight is 534 g/mol. The van der Waals surface area contributed by atoms with Gasteiger partial charge in [-0.2, -0.15) is 0 Å². The summed E-state index contributed by atoms with van der Waals surface area (Å²) in [5.74, 6) is -0.648. The van der Waals surface area contributed by atoms with Gasteiger partial charge in [0.25, 0.3) is 0 Å². The summed E-state index contributed by atoms with van der Waals surface area (Å²) in [7, 11) is 0. The summed E-state index contributed by atoms with van der Waals surface area (Å²) in [6, 6.07) is 11.5. The van der Waals surface area contributed by atoms with Crippen LogP contribution in [0.5, 0.6) is 0 Å². The molecule has 2 aromatic rings. The molecule has 0 fully saturated rings. The van der Waals surface area contributed by atoms with E-state index in [2.05, 4.69) is 55.8 Å². The van der Waals surface area contributed by atoms with Gasteiger partial charge >= 0.3 is 0 Å². The van der Waals surface area contributed by atoms with Gasteiger partial charge < -0.3 is 10.6 Å². The van der Waals surface area contributed by atoms with Crippen LogP contribution in [-0.2, 0) is 9.59 Å². The number of amides is 2. The van der Waals surface area contributed by atoms with Crippen LogP contribution in [0.4, 0.5) is 11.4 Å². The van der Waals surface area contributed by atoms with Crippen LogP contribution in [0.1, 0.15) is 17.5 Å². The van der Waals surface area contributed by atoms with Crippen molar-refractivity contribution in [1.82, 2.24) is 0 Å². The van der Waals surface area contributed by atoms with E-state index in [1.54, 1.807) is 0 Å². The normalized spacial score (nSPS) is 10.3. The van der Waals surface area contributed by atoms with Gasteiger partial charge in [-0.1, -0.05) is 0 Å². The average Bonchev–Trinajstić information content (AvgIpc) is 2.45. The van der Waals surface area contributed by atoms with Crippen LogP contribution in [0, 0.1) is 21.0 Å². The van der Waals surface area contributed by atoms with Crippen molar-refractivity contribution in [2.75, 3.05) is 10.6 Å². The van der Waals surface area contributed by atoms with Gasteiger partial charge in [0.2, 0.25) is 11.8 Å². The van der Waals surface area contributed by atoms with E-state index in [1.807, 2.05) is 50.2 Å². The number of hydrogen-bond donors (Lipinski definition) is 2. The summed E-state index contributed by atoms with van der Waals surface area (Å²) in [5, 5.41) is 5.55. The molecule has 0 aliphatic heterocycles. The van der Waals surface area contributed by atoms with Gasteiger partial charge in [-0.05, 0) is 107 Å². The van der Waals surface area contributed by atoms with Gasteiger partial charge in [-0.3, -0.25) is 9.59 Å². The molecule has 0 saturated heterocycles. The first-order valence-corrected chi connectivity index (χ1v) is 9.13. The topological polar surface area (TPSA) is 58.2 Å². The molecule has 6 heteroatoms. The maximum atomic E-state index is 12.0. The molecule has 0 bridgehead atoms. The fraction of sp³-hybridized carbons (Fsp3) is 0.176. The van der Waals surface area contributed by atoms with Crippen LogP contribution < -0.4 is 10.6 Å². The van der Waals surface area contributed by atoms with E-state index >= 15 is 0 Å². The van der Waals surface area contributed by atoms with E-state index in [0.717, 1.165) is 29.6 Å². The van der Waals surface area contributed by atoms with E-state index in [9.17, 15) is 9.59 Å². The number of nitrogens with one attached hydrogen (secondary N) is 2. The minimum absolute atomic E-state index is 0.211. The molecule has 0 atom stereocenters. The van der Waals surface area contributed by atoms with Gasteiger partial charge in [-0.15, -0.1) is 0 Å². The summed E-state index contributed by atoms with van der Waals surface area (Å²) in [6.07, 6.45) is -0.211. The zero-order valence-electron chi connectivity index (χ0n) is 12.7. The Morgan fingerprint density at radius 1 is 0.826 bits per heavy atom. The van der Waals surface area contributed by atoms with Crippen LogP contribution in [0.25, 0.3) is 0 Å². The Balaban J connectivity index is 1.95. The molecule has 0 aliphatic rings. The predicted octanol–water partition coefficient (Wildman–Crippen LogP) is 4.48. The van der Waals surface area contributed by atoms with Crippen molar-refractivity contribution in [1.29, 1.82) is 0 Å². The van der Waals surface area contributed by atoms with Gasteiger partial charge in [0.1, 0.15) is 6.42 Å². The molecule has 2 amide bonds. The molecule has 0 heterocycles. The Morgan fingerprint density at radius 3 is 1.57 bits per heavy atom. The standard InChI is InChI=1S/C17H16I2N2O2/c1-10-7-12(18)3-5-14(10)20-16(22)9-17(23)21-15-6-4-13(19)8-11(15)2/h3-8H,9H2,1-2H3,(H,20,22)(H,21,23).